The van der Waals surface area contributed by atoms with Gasteiger partial charge in [-0.25, -0.2) is 4.98 Å². The van der Waals surface area contributed by atoms with Gasteiger partial charge in [-0.05, 0) is 25.0 Å². The van der Waals surface area contributed by atoms with Gasteiger partial charge in [0, 0.05) is 25.3 Å². The van der Waals surface area contributed by atoms with E-state index in [9.17, 15) is 4.79 Å². The van der Waals surface area contributed by atoms with E-state index in [1.165, 1.54) is 17.9 Å². The average Bonchev–Trinajstić information content (AvgIpc) is 2.59. The number of hydrogen-bond donors (Lipinski definition) is 0. The first-order valence-corrected chi connectivity index (χ1v) is 8.17. The maximum atomic E-state index is 11.8. The van der Waals surface area contributed by atoms with Crippen molar-refractivity contribution in [1.29, 1.82) is 0 Å². The number of thiazole rings is 1. The molecule has 3 rings (SSSR count). The molecule has 1 fully saturated rings. The van der Waals surface area contributed by atoms with E-state index in [-0.39, 0.29) is 0 Å². The summed E-state index contributed by atoms with van der Waals surface area (Å²) in [5.74, 6) is 2.73. The van der Waals surface area contributed by atoms with E-state index >= 15 is 0 Å². The molecule has 1 aliphatic carbocycles. The van der Waals surface area contributed by atoms with Gasteiger partial charge in [0.25, 0.3) is 0 Å². The summed E-state index contributed by atoms with van der Waals surface area (Å²) in [5, 5.41) is 1.08. The van der Waals surface area contributed by atoms with Crippen LogP contribution in [0.2, 0.25) is 0 Å². The van der Waals surface area contributed by atoms with E-state index in [1.807, 2.05) is 11.8 Å². The Bertz CT molecular complexity index is 422. The molecule has 5 heteroatoms. The molecule has 0 amide bonds. The van der Waals surface area contributed by atoms with Gasteiger partial charge in [0.1, 0.15) is 0 Å². The number of anilines is 1. The Kier molecular flexibility index (Phi) is 3.38. The fourth-order valence-corrected chi connectivity index (χ4v) is 4.35. The third kappa shape index (κ3) is 2.36. The third-order valence-corrected chi connectivity index (χ3v) is 5.50. The minimum absolute atomic E-state index is 0.305. The molecule has 3 nitrogen and oxygen atoms in total. The zero-order chi connectivity index (χ0) is 11.7. The van der Waals surface area contributed by atoms with Crippen LogP contribution in [0.1, 0.15) is 34.6 Å². The first-order chi connectivity index (χ1) is 8.34. The average molecular weight is 268 g/mol. The monoisotopic (exact) mass is 268 g/mol. The molecule has 1 aromatic heterocycles. The highest BCUT2D eigenvalue weighted by atomic mass is 32.2. The minimum Gasteiger partial charge on any atom is -0.347 e. The summed E-state index contributed by atoms with van der Waals surface area (Å²) in [6, 6.07) is 0. The number of Topliss-reactive ketones (excluding diaryl/α,β-unsaturated/α-hetero) is 1. The van der Waals surface area contributed by atoms with E-state index < -0.39 is 0 Å². The highest BCUT2D eigenvalue weighted by molar-refractivity contribution is 7.99. The fourth-order valence-electron chi connectivity index (χ4n) is 2.33. The lowest BCUT2D eigenvalue weighted by atomic mass is 10.0. The molecule has 2 heterocycles. The van der Waals surface area contributed by atoms with Gasteiger partial charge >= 0.3 is 0 Å². The molecule has 1 aliphatic heterocycles. The molecule has 0 radical (unpaired) electrons. The lowest BCUT2D eigenvalue weighted by Gasteiger charge is -2.18. The standard InChI is InChI=1S/C12H16N2OS2/c15-10-4-1-3-9-11(10)17-12(13-9)14-5-2-7-16-8-6-14/h1-8H2. The van der Waals surface area contributed by atoms with E-state index in [4.69, 9.17) is 0 Å². The predicted molar refractivity (Wildman–Crippen MR) is 73.5 cm³/mol. The van der Waals surface area contributed by atoms with Crippen LogP contribution >= 0.6 is 23.1 Å². The van der Waals surface area contributed by atoms with Crippen molar-refractivity contribution in [3.8, 4) is 0 Å². The molecule has 92 valence electrons. The highest BCUT2D eigenvalue weighted by Crippen LogP contribution is 2.32. The van der Waals surface area contributed by atoms with E-state index in [2.05, 4.69) is 9.88 Å². The molecule has 0 aromatic carbocycles. The van der Waals surface area contributed by atoms with E-state index in [0.29, 0.717) is 12.2 Å². The Labute approximate surface area is 110 Å². The van der Waals surface area contributed by atoms with Crippen LogP contribution in [0, 0.1) is 0 Å². The third-order valence-electron chi connectivity index (χ3n) is 3.25. The van der Waals surface area contributed by atoms with Crippen molar-refractivity contribution in [2.24, 2.45) is 0 Å². The Morgan fingerprint density at radius 3 is 2.94 bits per heavy atom. The van der Waals surface area contributed by atoms with Crippen molar-refractivity contribution in [2.45, 2.75) is 25.7 Å². The van der Waals surface area contributed by atoms with Gasteiger partial charge < -0.3 is 4.90 Å². The summed E-state index contributed by atoms with van der Waals surface area (Å²) in [6.07, 6.45) is 3.90. The summed E-state index contributed by atoms with van der Waals surface area (Å²) in [6.45, 7) is 2.17. The summed E-state index contributed by atoms with van der Waals surface area (Å²) < 4.78 is 0. The van der Waals surface area contributed by atoms with Gasteiger partial charge in [-0.1, -0.05) is 11.3 Å². The maximum Gasteiger partial charge on any atom is 0.186 e. The Morgan fingerprint density at radius 2 is 2.06 bits per heavy atom. The lowest BCUT2D eigenvalue weighted by Crippen LogP contribution is -2.25. The molecular formula is C12H16N2OS2. The summed E-state index contributed by atoms with van der Waals surface area (Å²) in [4.78, 5) is 19.8. The quantitative estimate of drug-likeness (QED) is 0.784. The van der Waals surface area contributed by atoms with Crippen LogP contribution in [0.15, 0.2) is 0 Å². The van der Waals surface area contributed by atoms with Gasteiger partial charge in [-0.2, -0.15) is 11.8 Å². The van der Waals surface area contributed by atoms with Gasteiger partial charge in [-0.15, -0.1) is 0 Å². The smallest absolute Gasteiger partial charge is 0.186 e. The topological polar surface area (TPSA) is 33.2 Å². The van der Waals surface area contributed by atoms with Crippen LogP contribution in [0.3, 0.4) is 0 Å². The number of carbonyl (C=O) groups excluding carboxylic acids is 1. The largest absolute Gasteiger partial charge is 0.347 e. The SMILES string of the molecule is O=C1CCCc2nc(N3CCCSCC3)sc21. The van der Waals surface area contributed by atoms with Crippen molar-refractivity contribution >= 4 is 34.0 Å². The zero-order valence-electron chi connectivity index (χ0n) is 9.78. The molecule has 0 atom stereocenters. The van der Waals surface area contributed by atoms with Crippen LogP contribution < -0.4 is 4.90 Å². The number of thioether (sulfide) groups is 1. The Hall–Kier alpha value is -0.550. The number of hydrogen-bond acceptors (Lipinski definition) is 5. The van der Waals surface area contributed by atoms with Crippen LogP contribution in [-0.4, -0.2) is 35.4 Å². The molecular weight excluding hydrogens is 252 g/mol. The number of ketones is 1. The first-order valence-electron chi connectivity index (χ1n) is 6.20. The van der Waals surface area contributed by atoms with E-state index in [1.54, 1.807) is 11.3 Å². The maximum absolute atomic E-state index is 11.8. The van der Waals surface area contributed by atoms with Crippen LogP contribution in [0.25, 0.3) is 0 Å². The number of rotatable bonds is 1. The second-order valence-corrected chi connectivity index (χ2v) is 6.70. The summed E-state index contributed by atoms with van der Waals surface area (Å²) in [7, 11) is 0. The number of aromatic nitrogens is 1. The molecule has 0 unspecified atom stereocenters. The van der Waals surface area contributed by atoms with Crippen molar-refractivity contribution < 1.29 is 4.79 Å². The number of fused-ring (bicyclic) bond motifs is 1. The van der Waals surface area contributed by atoms with Gasteiger partial charge in [0.05, 0.1) is 10.6 Å². The molecule has 0 saturated carbocycles. The lowest BCUT2D eigenvalue weighted by molar-refractivity contribution is 0.0976. The zero-order valence-corrected chi connectivity index (χ0v) is 11.4. The minimum atomic E-state index is 0.305. The normalized spacial score (nSPS) is 21.2. The van der Waals surface area contributed by atoms with E-state index in [0.717, 1.165) is 41.6 Å². The summed E-state index contributed by atoms with van der Waals surface area (Å²) in [5.41, 5.74) is 1.05. The van der Waals surface area contributed by atoms with Crippen LogP contribution in [0.4, 0.5) is 5.13 Å². The van der Waals surface area contributed by atoms with Gasteiger partial charge in [0.15, 0.2) is 10.9 Å². The van der Waals surface area contributed by atoms with Crippen molar-refractivity contribution in [3.63, 3.8) is 0 Å². The highest BCUT2D eigenvalue weighted by Gasteiger charge is 2.24. The van der Waals surface area contributed by atoms with Crippen molar-refractivity contribution in [3.05, 3.63) is 10.6 Å². The van der Waals surface area contributed by atoms with Crippen LogP contribution in [-0.2, 0) is 6.42 Å². The molecule has 0 spiro atoms. The molecule has 17 heavy (non-hydrogen) atoms. The number of aryl methyl sites for hydroxylation is 1. The number of nitrogens with zero attached hydrogens (tertiary/aromatic N) is 2. The van der Waals surface area contributed by atoms with Crippen LogP contribution in [0.5, 0.6) is 0 Å². The molecule has 2 aliphatic rings. The van der Waals surface area contributed by atoms with Gasteiger partial charge in [0.2, 0.25) is 0 Å². The second kappa shape index (κ2) is 4.98. The van der Waals surface area contributed by atoms with Crippen molar-refractivity contribution in [1.82, 2.24) is 4.98 Å². The molecule has 0 N–H and O–H groups in total. The first kappa shape index (κ1) is 11.5. The number of carbonyl (C=O) groups is 1. The fraction of sp³-hybridized carbons (Fsp3) is 0.667. The predicted octanol–water partition coefficient (Wildman–Crippen LogP) is 2.61. The Morgan fingerprint density at radius 1 is 1.12 bits per heavy atom. The Balaban J connectivity index is 1.85. The molecule has 1 saturated heterocycles. The van der Waals surface area contributed by atoms with Crippen molar-refractivity contribution in [2.75, 3.05) is 29.5 Å². The summed E-state index contributed by atoms with van der Waals surface area (Å²) >= 11 is 3.63. The van der Waals surface area contributed by atoms with Gasteiger partial charge in [-0.3, -0.25) is 4.79 Å². The second-order valence-electron chi connectivity index (χ2n) is 4.50. The molecule has 0 bridgehead atoms. The molecule has 1 aromatic rings.